The molecule has 0 bridgehead atoms. The molecule has 2 heteroatoms. The van der Waals surface area contributed by atoms with Crippen molar-refractivity contribution in [3.8, 4) is 6.07 Å². The monoisotopic (exact) mass is 174 g/mol. The van der Waals surface area contributed by atoms with Crippen LogP contribution in [0.2, 0.25) is 0 Å². The van der Waals surface area contributed by atoms with Gasteiger partial charge in [0.25, 0.3) is 0 Å². The third-order valence-electron chi connectivity index (χ3n) is 1.91. The third kappa shape index (κ3) is 2.89. The van der Waals surface area contributed by atoms with Crippen molar-refractivity contribution in [1.29, 1.82) is 5.26 Å². The highest BCUT2D eigenvalue weighted by Crippen LogP contribution is 2.14. The summed E-state index contributed by atoms with van der Waals surface area (Å²) < 4.78 is 0. The van der Waals surface area contributed by atoms with Gasteiger partial charge in [-0.2, -0.15) is 5.26 Å². The largest absolute Gasteiger partial charge is 0.308 e. The van der Waals surface area contributed by atoms with Crippen molar-refractivity contribution in [2.24, 2.45) is 0 Å². The number of hydrogen-bond acceptors (Lipinski definition) is 2. The van der Waals surface area contributed by atoms with Crippen molar-refractivity contribution in [3.05, 3.63) is 35.9 Å². The van der Waals surface area contributed by atoms with Crippen molar-refractivity contribution in [1.82, 2.24) is 4.90 Å². The molecule has 0 fully saturated rings. The molecule has 1 unspecified atom stereocenters. The Morgan fingerprint density at radius 2 is 1.92 bits per heavy atom. The molecule has 0 N–H and O–H groups in total. The van der Waals surface area contributed by atoms with Crippen molar-refractivity contribution in [3.63, 3.8) is 0 Å². The van der Waals surface area contributed by atoms with Gasteiger partial charge in [-0.15, -0.1) is 0 Å². The third-order valence-corrected chi connectivity index (χ3v) is 1.91. The molecule has 0 saturated heterocycles. The van der Waals surface area contributed by atoms with Gasteiger partial charge in [-0.05, 0) is 19.7 Å². The summed E-state index contributed by atoms with van der Waals surface area (Å²) in [4.78, 5) is 2.03. The van der Waals surface area contributed by atoms with E-state index in [1.54, 1.807) is 0 Å². The fourth-order valence-corrected chi connectivity index (χ4v) is 1.27. The zero-order valence-electron chi connectivity index (χ0n) is 8.07. The van der Waals surface area contributed by atoms with E-state index in [0.29, 0.717) is 0 Å². The number of nitrogens with zero attached hydrogens (tertiary/aromatic N) is 2. The van der Waals surface area contributed by atoms with Gasteiger partial charge in [-0.25, -0.2) is 0 Å². The Morgan fingerprint density at radius 1 is 1.31 bits per heavy atom. The molecule has 0 radical (unpaired) electrons. The minimum Gasteiger partial charge on any atom is -0.308 e. The Hall–Kier alpha value is -1.33. The molecule has 1 aromatic carbocycles. The molecule has 0 aromatic heterocycles. The first kappa shape index (κ1) is 9.76. The summed E-state index contributed by atoms with van der Waals surface area (Å²) >= 11 is 0. The van der Waals surface area contributed by atoms with Crippen LogP contribution in [0.5, 0.6) is 0 Å². The van der Waals surface area contributed by atoms with Gasteiger partial charge in [0, 0.05) is 6.54 Å². The van der Waals surface area contributed by atoms with Crippen LogP contribution in [0.3, 0.4) is 0 Å². The highest BCUT2D eigenvalue weighted by atomic mass is 15.1. The van der Waals surface area contributed by atoms with E-state index in [1.807, 2.05) is 49.3 Å². The van der Waals surface area contributed by atoms with Gasteiger partial charge in [0.1, 0.15) is 0 Å². The van der Waals surface area contributed by atoms with Crippen molar-refractivity contribution in [2.45, 2.75) is 5.92 Å². The van der Waals surface area contributed by atoms with Gasteiger partial charge in [-0.3, -0.25) is 0 Å². The van der Waals surface area contributed by atoms with Crippen LogP contribution in [0.15, 0.2) is 30.3 Å². The highest BCUT2D eigenvalue weighted by molar-refractivity contribution is 5.24. The fourth-order valence-electron chi connectivity index (χ4n) is 1.27. The molecule has 1 aromatic rings. The normalized spacial score (nSPS) is 12.5. The number of benzene rings is 1. The maximum atomic E-state index is 8.95. The molecule has 68 valence electrons. The SMILES string of the molecule is CN(C)CC(C#N)c1ccccc1. The van der Waals surface area contributed by atoms with Crippen molar-refractivity contribution in [2.75, 3.05) is 20.6 Å². The summed E-state index contributed by atoms with van der Waals surface area (Å²) in [7, 11) is 3.96. The lowest BCUT2D eigenvalue weighted by Gasteiger charge is -2.14. The molecule has 13 heavy (non-hydrogen) atoms. The van der Waals surface area contributed by atoms with Crippen LogP contribution >= 0.6 is 0 Å². The molecular weight excluding hydrogens is 160 g/mol. The van der Waals surface area contributed by atoms with Gasteiger partial charge in [0.05, 0.1) is 12.0 Å². The van der Waals surface area contributed by atoms with Crippen LogP contribution in [-0.4, -0.2) is 25.5 Å². The molecular formula is C11H14N2. The molecule has 0 amide bonds. The van der Waals surface area contributed by atoms with Gasteiger partial charge in [-0.1, -0.05) is 30.3 Å². The van der Waals surface area contributed by atoms with E-state index in [4.69, 9.17) is 5.26 Å². The standard InChI is InChI=1S/C11H14N2/c1-13(2)9-11(8-12)10-6-4-3-5-7-10/h3-7,11H,9H2,1-2H3. The molecule has 0 spiro atoms. The van der Waals surface area contributed by atoms with Crippen LogP contribution in [-0.2, 0) is 0 Å². The molecule has 0 saturated carbocycles. The predicted octanol–water partition coefficient (Wildman–Crippen LogP) is 1.86. The summed E-state index contributed by atoms with van der Waals surface area (Å²) in [6.45, 7) is 0.778. The summed E-state index contributed by atoms with van der Waals surface area (Å²) in [5.74, 6) is -0.0174. The molecule has 0 aliphatic heterocycles. The Labute approximate surface area is 79.4 Å². The van der Waals surface area contributed by atoms with Gasteiger partial charge < -0.3 is 4.90 Å². The first-order valence-corrected chi connectivity index (χ1v) is 4.33. The second-order valence-corrected chi connectivity index (χ2v) is 3.35. The maximum absolute atomic E-state index is 8.95. The van der Waals surface area contributed by atoms with Crippen LogP contribution in [0.1, 0.15) is 11.5 Å². The molecule has 0 heterocycles. The van der Waals surface area contributed by atoms with E-state index in [0.717, 1.165) is 12.1 Å². The summed E-state index contributed by atoms with van der Waals surface area (Å²) in [6.07, 6.45) is 0. The van der Waals surface area contributed by atoms with Crippen LogP contribution < -0.4 is 0 Å². The van der Waals surface area contributed by atoms with E-state index in [1.165, 1.54) is 0 Å². The minimum atomic E-state index is -0.0174. The van der Waals surface area contributed by atoms with E-state index in [-0.39, 0.29) is 5.92 Å². The number of hydrogen-bond donors (Lipinski definition) is 0. The quantitative estimate of drug-likeness (QED) is 0.699. The fraction of sp³-hybridized carbons (Fsp3) is 0.364. The zero-order chi connectivity index (χ0) is 9.68. The Balaban J connectivity index is 2.75. The smallest absolute Gasteiger partial charge is 0.0839 e. The average molecular weight is 174 g/mol. The molecule has 1 atom stereocenters. The zero-order valence-corrected chi connectivity index (χ0v) is 8.07. The van der Waals surface area contributed by atoms with Crippen LogP contribution in [0.25, 0.3) is 0 Å². The second-order valence-electron chi connectivity index (χ2n) is 3.35. The lowest BCUT2D eigenvalue weighted by molar-refractivity contribution is 0.398. The van der Waals surface area contributed by atoms with Gasteiger partial charge in [0.2, 0.25) is 0 Å². The van der Waals surface area contributed by atoms with E-state index >= 15 is 0 Å². The number of nitriles is 1. The van der Waals surface area contributed by atoms with Crippen molar-refractivity contribution >= 4 is 0 Å². The van der Waals surface area contributed by atoms with Crippen LogP contribution in [0.4, 0.5) is 0 Å². The lowest BCUT2D eigenvalue weighted by Crippen LogP contribution is -2.19. The lowest BCUT2D eigenvalue weighted by atomic mass is 10.0. The Kier molecular flexibility index (Phi) is 3.48. The highest BCUT2D eigenvalue weighted by Gasteiger charge is 2.10. The van der Waals surface area contributed by atoms with Gasteiger partial charge >= 0.3 is 0 Å². The Bertz CT molecular complexity index is 285. The molecule has 1 rings (SSSR count). The Morgan fingerprint density at radius 3 is 2.38 bits per heavy atom. The number of likely N-dealkylation sites (N-methyl/N-ethyl adjacent to an activating group) is 1. The summed E-state index contributed by atoms with van der Waals surface area (Å²) in [5, 5.41) is 8.95. The topological polar surface area (TPSA) is 27.0 Å². The van der Waals surface area contributed by atoms with E-state index in [9.17, 15) is 0 Å². The van der Waals surface area contributed by atoms with Gasteiger partial charge in [0.15, 0.2) is 0 Å². The maximum Gasteiger partial charge on any atom is 0.0839 e. The van der Waals surface area contributed by atoms with E-state index < -0.39 is 0 Å². The van der Waals surface area contributed by atoms with E-state index in [2.05, 4.69) is 6.07 Å². The summed E-state index contributed by atoms with van der Waals surface area (Å²) in [6, 6.07) is 12.2. The first-order valence-electron chi connectivity index (χ1n) is 4.33. The first-order chi connectivity index (χ1) is 6.24. The molecule has 2 nitrogen and oxygen atoms in total. The molecule has 0 aliphatic carbocycles. The van der Waals surface area contributed by atoms with Crippen molar-refractivity contribution < 1.29 is 0 Å². The van der Waals surface area contributed by atoms with Crippen LogP contribution in [0, 0.1) is 11.3 Å². The predicted molar refractivity (Wildman–Crippen MR) is 53.4 cm³/mol. The minimum absolute atomic E-state index is 0.0174. The summed E-state index contributed by atoms with van der Waals surface area (Å²) in [5.41, 5.74) is 1.10. The molecule has 0 aliphatic rings. The second kappa shape index (κ2) is 4.64. The number of rotatable bonds is 3. The average Bonchev–Trinajstić information content (AvgIpc) is 2.15.